The molecule has 2 heterocycles. The Morgan fingerprint density at radius 3 is 2.10 bits per heavy atom. The third kappa shape index (κ3) is 4.20. The Morgan fingerprint density at radius 1 is 0.800 bits per heavy atom. The fraction of sp³-hybridized carbons (Fsp3) is 0.125. The molecule has 2 aliphatic heterocycles. The van der Waals surface area contributed by atoms with Crippen molar-refractivity contribution in [3.05, 3.63) is 114 Å². The molecule has 0 saturated heterocycles. The molecule has 2 atom stereocenters. The molecule has 196 valence electrons. The van der Waals surface area contributed by atoms with Crippen LogP contribution in [0.15, 0.2) is 79.4 Å². The van der Waals surface area contributed by atoms with Crippen LogP contribution in [-0.2, 0) is 26.2 Å². The van der Waals surface area contributed by atoms with Crippen LogP contribution in [0.3, 0.4) is 0 Å². The van der Waals surface area contributed by atoms with Gasteiger partial charge in [0.2, 0.25) is 0 Å². The summed E-state index contributed by atoms with van der Waals surface area (Å²) in [5, 5.41) is 5.24. The summed E-state index contributed by atoms with van der Waals surface area (Å²) in [5.41, 5.74) is 7.68. The number of nitrogens with zero attached hydrogens (tertiary/aromatic N) is 2. The zero-order chi connectivity index (χ0) is 25.0. The van der Waals surface area contributed by atoms with E-state index in [-0.39, 0.29) is 63.1 Å². The van der Waals surface area contributed by atoms with Crippen LogP contribution in [0.2, 0.25) is 0 Å². The maximum absolute atomic E-state index is 3.91. The molecule has 0 amide bonds. The smallest absolute Gasteiger partial charge is 1.00 e. The Morgan fingerprint density at radius 2 is 1.43 bits per heavy atom. The molecule has 2 unspecified atom stereocenters. The van der Waals surface area contributed by atoms with Gasteiger partial charge in [0.15, 0.2) is 0 Å². The quantitative estimate of drug-likeness (QED) is 0.231. The SMILES string of the molecule is CN1c2ccc[c-]c2C2=c3ccc(Br)c(Sc4cc(Br)cc5c4=C4c6[c-]cccc6N(C)C4C=5)c3=CC21.[Cl-].[Cl-].[Zr+4]. The molecule has 4 aromatic carbocycles. The van der Waals surface area contributed by atoms with Crippen molar-refractivity contribution < 1.29 is 51.0 Å². The van der Waals surface area contributed by atoms with Crippen LogP contribution in [0.4, 0.5) is 11.4 Å². The molecule has 40 heavy (non-hydrogen) atoms. The molecule has 0 fully saturated rings. The van der Waals surface area contributed by atoms with E-state index < -0.39 is 0 Å². The molecule has 0 saturated carbocycles. The summed E-state index contributed by atoms with van der Waals surface area (Å²) in [6.45, 7) is 0. The van der Waals surface area contributed by atoms with Crippen molar-refractivity contribution >= 4 is 78.3 Å². The average molecular weight is 787 g/mol. The van der Waals surface area contributed by atoms with Gasteiger partial charge in [-0.2, -0.15) is 0 Å². The monoisotopic (exact) mass is 782 g/mol. The van der Waals surface area contributed by atoms with Gasteiger partial charge in [0.05, 0.1) is 0 Å². The number of rotatable bonds is 2. The van der Waals surface area contributed by atoms with Crippen LogP contribution < -0.4 is 55.5 Å². The minimum absolute atomic E-state index is 0. The fourth-order valence-corrected chi connectivity index (χ4v) is 8.84. The first kappa shape index (κ1) is 30.2. The van der Waals surface area contributed by atoms with Crippen molar-refractivity contribution in [1.29, 1.82) is 0 Å². The molecular weight excluding hydrogens is 766 g/mol. The summed E-state index contributed by atoms with van der Waals surface area (Å²) in [7, 11) is 4.37. The van der Waals surface area contributed by atoms with Gasteiger partial charge in [-0.3, -0.25) is 0 Å². The normalized spacial score (nSPS) is 18.2. The molecule has 0 spiro atoms. The predicted octanol–water partition coefficient (Wildman–Crippen LogP) is -1.41. The first-order valence-electron chi connectivity index (χ1n) is 12.3. The molecule has 0 bridgehead atoms. The summed E-state index contributed by atoms with van der Waals surface area (Å²) in [5.74, 6) is 0. The molecule has 0 aromatic heterocycles. The van der Waals surface area contributed by atoms with Crippen LogP contribution >= 0.6 is 43.6 Å². The largest absolute Gasteiger partial charge is 4.00 e. The van der Waals surface area contributed by atoms with Crippen molar-refractivity contribution in [2.24, 2.45) is 0 Å². The predicted molar refractivity (Wildman–Crippen MR) is 160 cm³/mol. The van der Waals surface area contributed by atoms with Crippen molar-refractivity contribution in [1.82, 2.24) is 0 Å². The number of halogens is 4. The number of benzene rings is 4. The van der Waals surface area contributed by atoms with Gasteiger partial charge in [-0.15, -0.1) is 59.7 Å². The third-order valence-electron chi connectivity index (χ3n) is 8.07. The Hall–Kier alpha value is -1.27. The molecule has 0 N–H and O–H groups in total. The molecule has 8 heteroatoms. The number of likely N-dealkylation sites (N-methyl/N-ethyl adjacent to an activating group) is 2. The Kier molecular flexibility index (Phi) is 8.38. The Bertz CT molecular complexity index is 1960. The number of anilines is 2. The number of fused-ring (bicyclic) bond motifs is 8. The summed E-state index contributed by atoms with van der Waals surface area (Å²) in [6.07, 6.45) is 4.82. The summed E-state index contributed by atoms with van der Waals surface area (Å²) in [4.78, 5) is 7.27. The van der Waals surface area contributed by atoms with Gasteiger partial charge in [0, 0.05) is 30.8 Å². The van der Waals surface area contributed by atoms with E-state index in [2.05, 4.69) is 129 Å². The maximum Gasteiger partial charge on any atom is 4.00 e. The van der Waals surface area contributed by atoms with Gasteiger partial charge in [-0.05, 0) is 75.3 Å². The van der Waals surface area contributed by atoms with Crippen LogP contribution in [-0.4, -0.2) is 26.2 Å². The van der Waals surface area contributed by atoms with Crippen molar-refractivity contribution in [2.45, 2.75) is 21.9 Å². The molecule has 4 aromatic rings. The van der Waals surface area contributed by atoms with Crippen LogP contribution in [0.5, 0.6) is 0 Å². The van der Waals surface area contributed by atoms with Crippen molar-refractivity contribution in [3.8, 4) is 0 Å². The molecule has 8 rings (SSSR count). The first-order chi connectivity index (χ1) is 18.0. The maximum atomic E-state index is 3.91. The topological polar surface area (TPSA) is 6.48 Å². The van der Waals surface area contributed by atoms with Crippen molar-refractivity contribution in [3.63, 3.8) is 0 Å². The molecular formula is C32H20Br2Cl2N2SZr. The number of hydrogen-bond acceptors (Lipinski definition) is 3. The minimum atomic E-state index is 0. The summed E-state index contributed by atoms with van der Waals surface area (Å²) in [6, 6.07) is 29.1. The molecule has 4 aliphatic rings. The molecule has 0 radical (unpaired) electrons. The zero-order valence-corrected chi connectivity index (χ0v) is 29.4. The summed E-state index contributed by atoms with van der Waals surface area (Å²) >= 11 is 9.58. The Balaban J connectivity index is 0.00000108. The van der Waals surface area contributed by atoms with E-state index in [0.717, 1.165) is 8.95 Å². The first-order valence-corrected chi connectivity index (χ1v) is 14.7. The van der Waals surface area contributed by atoms with Gasteiger partial charge in [-0.25, -0.2) is 0 Å². The van der Waals surface area contributed by atoms with Gasteiger partial charge in [0.25, 0.3) is 0 Å². The number of hydrogen-bond donors (Lipinski definition) is 0. The second-order valence-electron chi connectivity index (χ2n) is 9.94. The minimum Gasteiger partial charge on any atom is -1.00 e. The van der Waals surface area contributed by atoms with Gasteiger partial charge < -0.3 is 34.6 Å². The standard InChI is InChI=1S/C32H20Br2N2S.2ClH.Zr/c1-35-25-10-6-4-8-21(25)31-26(35)14-17-13-18(33)15-28(29(17)31)37-32-22-16-27-30(19(22)11-12-23(32)34)20-7-3-5-9-24(20)36(27)2;;;/h3-6,9-16,26-27H,1-2H3;2*1H;/q-2;;;+4/p-2. The van der Waals surface area contributed by atoms with E-state index in [0.29, 0.717) is 0 Å². The molecule has 2 nitrogen and oxygen atoms in total. The van der Waals surface area contributed by atoms with Gasteiger partial charge in [-0.1, -0.05) is 62.3 Å². The van der Waals surface area contributed by atoms with Crippen LogP contribution in [0.1, 0.15) is 11.1 Å². The van der Waals surface area contributed by atoms with E-state index in [1.807, 2.05) is 23.9 Å². The zero-order valence-electron chi connectivity index (χ0n) is 21.4. The van der Waals surface area contributed by atoms with E-state index in [1.54, 1.807) is 0 Å². The summed E-state index contributed by atoms with van der Waals surface area (Å²) < 4.78 is 2.23. The second-order valence-corrected chi connectivity index (χ2v) is 12.8. The van der Waals surface area contributed by atoms with Crippen LogP contribution in [0, 0.1) is 12.1 Å². The van der Waals surface area contributed by atoms with E-state index in [9.17, 15) is 0 Å². The second kappa shape index (κ2) is 11.1. The van der Waals surface area contributed by atoms with E-state index in [4.69, 9.17) is 0 Å². The average Bonchev–Trinajstić information content (AvgIpc) is 3.61. The van der Waals surface area contributed by atoms with E-state index in [1.165, 1.54) is 64.3 Å². The van der Waals surface area contributed by atoms with Crippen LogP contribution in [0.25, 0.3) is 23.3 Å². The van der Waals surface area contributed by atoms with Gasteiger partial charge in [0.1, 0.15) is 0 Å². The third-order valence-corrected chi connectivity index (χ3v) is 10.6. The van der Waals surface area contributed by atoms with Gasteiger partial charge >= 0.3 is 26.2 Å². The van der Waals surface area contributed by atoms with Crippen molar-refractivity contribution in [2.75, 3.05) is 23.9 Å². The fourth-order valence-electron chi connectivity index (χ4n) is 6.43. The van der Waals surface area contributed by atoms with E-state index >= 15 is 0 Å². The Labute approximate surface area is 286 Å². The molecule has 2 aliphatic carbocycles.